The summed E-state index contributed by atoms with van der Waals surface area (Å²) in [6, 6.07) is 14.5. The average molecular weight is 455 g/mol. The Kier molecular flexibility index (Phi) is 4.28. The highest BCUT2D eigenvalue weighted by atomic mass is 16.6. The van der Waals surface area contributed by atoms with Crippen LogP contribution < -0.4 is 9.80 Å². The van der Waals surface area contributed by atoms with Crippen LogP contribution in [0.25, 0.3) is 6.08 Å². The van der Waals surface area contributed by atoms with Crippen molar-refractivity contribution in [2.75, 3.05) is 9.80 Å². The topological polar surface area (TPSA) is 114 Å². The number of carbonyl (C=O) groups is 3. The number of fused-ring (bicyclic) bond motifs is 5. The van der Waals surface area contributed by atoms with E-state index in [9.17, 15) is 24.5 Å². The van der Waals surface area contributed by atoms with Crippen LogP contribution >= 0.6 is 0 Å². The van der Waals surface area contributed by atoms with E-state index >= 15 is 0 Å². The highest BCUT2D eigenvalue weighted by Crippen LogP contribution is 2.49. The minimum Gasteiger partial charge on any atom is -0.461 e. The maximum atomic E-state index is 13.7. The van der Waals surface area contributed by atoms with E-state index in [1.807, 2.05) is 41.3 Å². The first-order valence-corrected chi connectivity index (χ1v) is 10.7. The van der Waals surface area contributed by atoms with Gasteiger partial charge in [0.1, 0.15) is 6.04 Å². The van der Waals surface area contributed by atoms with Gasteiger partial charge in [0.05, 0.1) is 34.8 Å². The first-order chi connectivity index (χ1) is 16.5. The molecule has 0 unspecified atom stereocenters. The Labute approximate surface area is 193 Å². The lowest BCUT2D eigenvalue weighted by Gasteiger charge is -2.36. The molecule has 9 heteroatoms. The van der Waals surface area contributed by atoms with Crippen LogP contribution in [0.1, 0.15) is 16.1 Å². The molecule has 3 aromatic rings. The van der Waals surface area contributed by atoms with Crippen LogP contribution in [0.3, 0.4) is 0 Å². The molecular formula is C25H17N3O6. The van der Waals surface area contributed by atoms with Crippen LogP contribution in [0.15, 0.2) is 77.4 Å². The molecule has 2 aromatic carbocycles. The van der Waals surface area contributed by atoms with Crippen molar-refractivity contribution >= 4 is 40.7 Å². The normalized spacial score (nSPS) is 24.7. The molecule has 0 spiro atoms. The van der Waals surface area contributed by atoms with Gasteiger partial charge in [-0.15, -0.1) is 0 Å². The molecule has 168 valence electrons. The number of nitro benzene ring substituents is 1. The van der Waals surface area contributed by atoms with Gasteiger partial charge in [-0.2, -0.15) is 0 Å². The summed E-state index contributed by atoms with van der Waals surface area (Å²) in [4.78, 5) is 54.3. The number of carbonyl (C=O) groups excluding carboxylic acids is 3. The molecule has 9 nitrogen and oxygen atoms in total. The van der Waals surface area contributed by atoms with E-state index < -0.39 is 40.7 Å². The van der Waals surface area contributed by atoms with Crippen molar-refractivity contribution in [3.8, 4) is 0 Å². The van der Waals surface area contributed by atoms with Gasteiger partial charge in [0.25, 0.3) is 5.69 Å². The van der Waals surface area contributed by atoms with Gasteiger partial charge in [0.2, 0.25) is 17.6 Å². The lowest BCUT2D eigenvalue weighted by atomic mass is 9.87. The number of para-hydroxylation sites is 1. The number of hydrogen-bond acceptors (Lipinski definition) is 7. The molecule has 4 atom stereocenters. The number of Topliss-reactive ketones (excluding diaryl/α,β-unsaturated/α-hetero) is 1. The van der Waals surface area contributed by atoms with E-state index in [1.54, 1.807) is 12.1 Å². The monoisotopic (exact) mass is 455 g/mol. The molecule has 0 radical (unpaired) electrons. The Hall–Kier alpha value is -4.53. The molecule has 2 fully saturated rings. The molecule has 2 amide bonds. The van der Waals surface area contributed by atoms with Gasteiger partial charge in [0, 0.05) is 17.8 Å². The van der Waals surface area contributed by atoms with Crippen molar-refractivity contribution in [1.82, 2.24) is 0 Å². The first kappa shape index (κ1) is 20.1. The zero-order valence-corrected chi connectivity index (χ0v) is 17.6. The van der Waals surface area contributed by atoms with Crippen LogP contribution in [-0.2, 0) is 9.59 Å². The maximum absolute atomic E-state index is 13.7. The summed E-state index contributed by atoms with van der Waals surface area (Å²) < 4.78 is 5.37. The SMILES string of the molecule is O=C(c1ccco1)[C@@H]1[C@H]2C(=O)N(c3ccc([N+](=O)[O-])cc3)C(=O)[C@@H]2[C@@H]2C=Cc3ccccc3N12. The molecule has 2 saturated heterocycles. The molecule has 1 aromatic heterocycles. The van der Waals surface area contributed by atoms with Gasteiger partial charge < -0.3 is 9.32 Å². The highest BCUT2D eigenvalue weighted by molar-refractivity contribution is 6.25. The van der Waals surface area contributed by atoms with Crippen molar-refractivity contribution in [3.05, 3.63) is 94.4 Å². The number of anilines is 2. The summed E-state index contributed by atoms with van der Waals surface area (Å²) in [5, 5.41) is 11.0. The zero-order valence-electron chi connectivity index (χ0n) is 17.6. The maximum Gasteiger partial charge on any atom is 0.269 e. The predicted octanol–water partition coefficient (Wildman–Crippen LogP) is 3.46. The quantitative estimate of drug-likeness (QED) is 0.256. The third kappa shape index (κ3) is 2.70. The molecule has 6 rings (SSSR count). The highest BCUT2D eigenvalue weighted by Gasteiger charge is 2.64. The van der Waals surface area contributed by atoms with Crippen LogP contribution in [0, 0.1) is 22.0 Å². The van der Waals surface area contributed by atoms with Gasteiger partial charge in [-0.05, 0) is 35.9 Å². The number of furan rings is 1. The molecule has 3 aliphatic rings. The standard InChI is InChI=1S/C25H17N3O6/c29-23(19-6-3-13-34-19)22-21-20(18-12-7-14-4-1-2-5-17(14)27(18)22)24(30)26(25(21)31)15-8-10-16(11-9-15)28(32)33/h1-13,18,20-22H/t18-,20+,21-,22-/m0/s1. The third-order valence-electron chi connectivity index (χ3n) is 6.77. The van der Waals surface area contributed by atoms with Crippen molar-refractivity contribution in [2.24, 2.45) is 11.8 Å². The van der Waals surface area contributed by atoms with Crippen molar-refractivity contribution in [2.45, 2.75) is 12.1 Å². The van der Waals surface area contributed by atoms with Gasteiger partial charge in [-0.1, -0.05) is 30.4 Å². The second kappa shape index (κ2) is 7.24. The van der Waals surface area contributed by atoms with E-state index in [0.29, 0.717) is 0 Å². The van der Waals surface area contributed by atoms with E-state index in [2.05, 4.69) is 0 Å². The number of amides is 2. The predicted molar refractivity (Wildman–Crippen MR) is 121 cm³/mol. The lowest BCUT2D eigenvalue weighted by molar-refractivity contribution is -0.384. The van der Waals surface area contributed by atoms with E-state index in [4.69, 9.17) is 4.42 Å². The second-order valence-electron chi connectivity index (χ2n) is 8.44. The Morgan fingerprint density at radius 1 is 0.941 bits per heavy atom. The fourth-order valence-electron chi connectivity index (χ4n) is 5.36. The summed E-state index contributed by atoms with van der Waals surface area (Å²) in [5.41, 5.74) is 1.76. The summed E-state index contributed by atoms with van der Waals surface area (Å²) in [5.74, 6) is -2.91. The number of ketones is 1. The Balaban J connectivity index is 1.46. The minimum atomic E-state index is -0.938. The fraction of sp³-hybridized carbons (Fsp3) is 0.160. The molecule has 0 bridgehead atoms. The number of non-ortho nitro benzene ring substituents is 1. The molecule has 0 aliphatic carbocycles. The van der Waals surface area contributed by atoms with Gasteiger partial charge in [0.15, 0.2) is 5.76 Å². The minimum absolute atomic E-state index is 0.116. The number of benzene rings is 2. The van der Waals surface area contributed by atoms with E-state index in [1.165, 1.54) is 30.5 Å². The number of hydrogen-bond donors (Lipinski definition) is 0. The van der Waals surface area contributed by atoms with Crippen molar-refractivity contribution in [1.29, 1.82) is 0 Å². The Bertz CT molecular complexity index is 1380. The molecule has 4 heterocycles. The molecular weight excluding hydrogens is 438 g/mol. The number of nitro groups is 1. The molecule has 0 N–H and O–H groups in total. The van der Waals surface area contributed by atoms with Crippen molar-refractivity contribution in [3.63, 3.8) is 0 Å². The van der Waals surface area contributed by atoms with E-state index in [-0.39, 0.29) is 22.9 Å². The summed E-state index contributed by atoms with van der Waals surface area (Å²) in [7, 11) is 0. The van der Waals surface area contributed by atoms with E-state index in [0.717, 1.165) is 16.2 Å². The summed E-state index contributed by atoms with van der Waals surface area (Å²) >= 11 is 0. The summed E-state index contributed by atoms with van der Waals surface area (Å²) in [6.45, 7) is 0. The molecule has 0 saturated carbocycles. The first-order valence-electron chi connectivity index (χ1n) is 10.7. The largest absolute Gasteiger partial charge is 0.461 e. The smallest absolute Gasteiger partial charge is 0.269 e. The molecule has 34 heavy (non-hydrogen) atoms. The second-order valence-corrected chi connectivity index (χ2v) is 8.44. The van der Waals surface area contributed by atoms with Crippen LogP contribution in [0.2, 0.25) is 0 Å². The van der Waals surface area contributed by atoms with Crippen molar-refractivity contribution < 1.29 is 23.7 Å². The van der Waals surface area contributed by atoms with Crippen LogP contribution in [-0.4, -0.2) is 34.6 Å². The lowest BCUT2D eigenvalue weighted by Crippen LogP contribution is -2.48. The third-order valence-corrected chi connectivity index (χ3v) is 6.77. The van der Waals surface area contributed by atoms with Gasteiger partial charge in [-0.3, -0.25) is 24.5 Å². The van der Waals surface area contributed by atoms with Crippen LogP contribution in [0.5, 0.6) is 0 Å². The fourth-order valence-corrected chi connectivity index (χ4v) is 5.36. The van der Waals surface area contributed by atoms with Gasteiger partial charge in [-0.25, -0.2) is 4.90 Å². The number of imide groups is 1. The Morgan fingerprint density at radius 2 is 1.68 bits per heavy atom. The average Bonchev–Trinajstić information content (AvgIpc) is 3.55. The van der Waals surface area contributed by atoms with Gasteiger partial charge >= 0.3 is 0 Å². The number of rotatable bonds is 4. The number of nitrogens with zero attached hydrogens (tertiary/aromatic N) is 3. The Morgan fingerprint density at radius 3 is 2.38 bits per heavy atom. The van der Waals surface area contributed by atoms with Crippen LogP contribution in [0.4, 0.5) is 17.1 Å². The zero-order chi connectivity index (χ0) is 23.6. The molecule has 3 aliphatic heterocycles. The summed E-state index contributed by atoms with van der Waals surface area (Å²) in [6.07, 6.45) is 5.16.